The molecule has 5 nitrogen and oxygen atoms in total. The second-order valence-electron chi connectivity index (χ2n) is 6.38. The number of fused-ring (bicyclic) bond motifs is 1. The Bertz CT molecular complexity index is 1070. The maximum absolute atomic E-state index is 12.2. The molecule has 0 atom stereocenters. The summed E-state index contributed by atoms with van der Waals surface area (Å²) in [7, 11) is -3.40. The fourth-order valence-electron chi connectivity index (χ4n) is 2.95. The fraction of sp³-hybridized carbons (Fsp3) is 0.227. The Hall–Kier alpha value is -2.86. The van der Waals surface area contributed by atoms with E-state index in [2.05, 4.69) is 5.32 Å². The van der Waals surface area contributed by atoms with Crippen LogP contribution in [0.25, 0.3) is 10.8 Å². The number of para-hydroxylation sites is 1. The molecule has 0 heterocycles. The van der Waals surface area contributed by atoms with Crippen LogP contribution >= 0.6 is 0 Å². The number of carbonyl (C=O) groups excluding carboxylic acids is 1. The third-order valence-electron chi connectivity index (χ3n) is 4.43. The van der Waals surface area contributed by atoms with Crippen LogP contribution in [0.4, 0.5) is 5.69 Å². The molecule has 0 aromatic heterocycles. The summed E-state index contributed by atoms with van der Waals surface area (Å²) in [6, 6.07) is 20.3. The largest absolute Gasteiger partial charge is 0.493 e. The highest BCUT2D eigenvalue weighted by Gasteiger charge is 2.17. The zero-order chi connectivity index (χ0) is 20.0. The number of hydrogen-bond donors (Lipinski definition) is 1. The second kappa shape index (κ2) is 8.89. The topological polar surface area (TPSA) is 72.5 Å². The lowest BCUT2D eigenvalue weighted by Gasteiger charge is -2.11. The van der Waals surface area contributed by atoms with Crippen molar-refractivity contribution in [2.75, 3.05) is 17.7 Å². The Morgan fingerprint density at radius 3 is 2.50 bits per heavy atom. The standard InChI is InChI=1S/C22H23NO4S/c1-2-28(25,26)21-14-6-5-12-19(21)23-22(24)15-8-16-27-20-13-7-10-17-9-3-4-11-18(17)20/h3-7,9-14H,2,8,15-16H2,1H3,(H,23,24). The molecule has 6 heteroatoms. The molecule has 0 radical (unpaired) electrons. The van der Waals surface area contributed by atoms with E-state index in [1.807, 2.05) is 42.5 Å². The van der Waals surface area contributed by atoms with Crippen LogP contribution in [0.3, 0.4) is 0 Å². The average Bonchev–Trinajstić information content (AvgIpc) is 2.71. The molecule has 0 bridgehead atoms. The molecule has 1 N–H and O–H groups in total. The van der Waals surface area contributed by atoms with Crippen LogP contribution in [0.5, 0.6) is 5.75 Å². The molecule has 0 saturated carbocycles. The number of nitrogens with one attached hydrogen (secondary N) is 1. The van der Waals surface area contributed by atoms with Gasteiger partial charge in [-0.25, -0.2) is 8.42 Å². The van der Waals surface area contributed by atoms with Gasteiger partial charge in [0.1, 0.15) is 5.75 Å². The van der Waals surface area contributed by atoms with Crippen molar-refractivity contribution in [2.45, 2.75) is 24.7 Å². The molecule has 1 amide bonds. The van der Waals surface area contributed by atoms with Gasteiger partial charge in [0.2, 0.25) is 5.91 Å². The highest BCUT2D eigenvalue weighted by atomic mass is 32.2. The number of benzene rings is 3. The van der Waals surface area contributed by atoms with E-state index in [1.165, 1.54) is 6.07 Å². The van der Waals surface area contributed by atoms with Crippen molar-refractivity contribution >= 4 is 32.2 Å². The van der Waals surface area contributed by atoms with Gasteiger partial charge in [-0.1, -0.05) is 55.5 Å². The molecule has 28 heavy (non-hydrogen) atoms. The third-order valence-corrected chi connectivity index (χ3v) is 6.22. The van der Waals surface area contributed by atoms with E-state index in [-0.39, 0.29) is 23.0 Å². The van der Waals surface area contributed by atoms with Crippen LogP contribution in [0.2, 0.25) is 0 Å². The first-order valence-electron chi connectivity index (χ1n) is 9.23. The molecule has 3 aromatic rings. The van der Waals surface area contributed by atoms with Gasteiger partial charge in [0.05, 0.1) is 22.9 Å². The van der Waals surface area contributed by atoms with Crippen molar-refractivity contribution < 1.29 is 17.9 Å². The molecule has 0 spiro atoms. The summed E-state index contributed by atoms with van der Waals surface area (Å²) in [4.78, 5) is 12.4. The number of amides is 1. The molecule has 3 aromatic carbocycles. The Labute approximate surface area is 165 Å². The summed E-state index contributed by atoms with van der Waals surface area (Å²) >= 11 is 0. The normalized spacial score (nSPS) is 11.3. The summed E-state index contributed by atoms with van der Waals surface area (Å²) in [5.74, 6) is 0.539. The minimum Gasteiger partial charge on any atom is -0.493 e. The van der Waals surface area contributed by atoms with Crippen LogP contribution in [-0.4, -0.2) is 26.7 Å². The predicted octanol–water partition coefficient (Wildman–Crippen LogP) is 4.43. The maximum Gasteiger partial charge on any atom is 0.224 e. The van der Waals surface area contributed by atoms with E-state index >= 15 is 0 Å². The predicted molar refractivity (Wildman–Crippen MR) is 111 cm³/mol. The van der Waals surface area contributed by atoms with Crippen molar-refractivity contribution in [2.24, 2.45) is 0 Å². The van der Waals surface area contributed by atoms with E-state index in [4.69, 9.17) is 4.74 Å². The Morgan fingerprint density at radius 1 is 0.964 bits per heavy atom. The van der Waals surface area contributed by atoms with Gasteiger partial charge in [0, 0.05) is 11.8 Å². The quantitative estimate of drug-likeness (QED) is 0.571. The van der Waals surface area contributed by atoms with Gasteiger partial charge in [-0.2, -0.15) is 0 Å². The van der Waals surface area contributed by atoms with Crippen LogP contribution in [0.1, 0.15) is 19.8 Å². The lowest BCUT2D eigenvalue weighted by atomic mass is 10.1. The van der Waals surface area contributed by atoms with Gasteiger partial charge in [-0.15, -0.1) is 0 Å². The fourth-order valence-corrected chi connectivity index (χ4v) is 4.00. The summed E-state index contributed by atoms with van der Waals surface area (Å²) < 4.78 is 30.2. The molecule has 3 rings (SSSR count). The smallest absolute Gasteiger partial charge is 0.224 e. The summed E-state index contributed by atoms with van der Waals surface area (Å²) in [5.41, 5.74) is 0.323. The van der Waals surface area contributed by atoms with Gasteiger partial charge in [-0.3, -0.25) is 4.79 Å². The third kappa shape index (κ3) is 4.70. The molecule has 0 aliphatic carbocycles. The van der Waals surface area contributed by atoms with Gasteiger partial charge in [0.25, 0.3) is 0 Å². The first-order chi connectivity index (χ1) is 13.5. The maximum atomic E-state index is 12.2. The highest BCUT2D eigenvalue weighted by molar-refractivity contribution is 7.91. The van der Waals surface area contributed by atoms with E-state index in [0.717, 1.165) is 16.5 Å². The summed E-state index contributed by atoms with van der Waals surface area (Å²) in [6.45, 7) is 1.98. The minimum absolute atomic E-state index is 0.0151. The molecule has 0 aliphatic heterocycles. The van der Waals surface area contributed by atoms with Gasteiger partial charge >= 0.3 is 0 Å². The zero-order valence-electron chi connectivity index (χ0n) is 15.7. The van der Waals surface area contributed by atoms with E-state index in [9.17, 15) is 13.2 Å². The van der Waals surface area contributed by atoms with Crippen LogP contribution < -0.4 is 10.1 Å². The van der Waals surface area contributed by atoms with Gasteiger partial charge in [-0.05, 0) is 30.0 Å². The zero-order valence-corrected chi connectivity index (χ0v) is 16.5. The number of rotatable bonds is 8. The lowest BCUT2D eigenvalue weighted by molar-refractivity contribution is -0.116. The number of anilines is 1. The van der Waals surface area contributed by atoms with Crippen LogP contribution in [0.15, 0.2) is 71.6 Å². The highest BCUT2D eigenvalue weighted by Crippen LogP contribution is 2.25. The molecular formula is C22H23NO4S. The number of hydrogen-bond acceptors (Lipinski definition) is 4. The first kappa shape index (κ1) is 19.9. The Morgan fingerprint density at radius 2 is 1.68 bits per heavy atom. The van der Waals surface area contributed by atoms with E-state index in [1.54, 1.807) is 25.1 Å². The minimum atomic E-state index is -3.40. The molecule has 0 aliphatic rings. The first-order valence-corrected chi connectivity index (χ1v) is 10.9. The second-order valence-corrected chi connectivity index (χ2v) is 8.62. The van der Waals surface area contributed by atoms with Crippen molar-refractivity contribution in [3.8, 4) is 5.75 Å². The Kier molecular flexibility index (Phi) is 6.31. The molecular weight excluding hydrogens is 374 g/mol. The molecule has 0 saturated heterocycles. The van der Waals surface area contributed by atoms with Crippen LogP contribution in [-0.2, 0) is 14.6 Å². The number of carbonyl (C=O) groups is 1. The number of ether oxygens (including phenoxy) is 1. The van der Waals surface area contributed by atoms with Crippen molar-refractivity contribution in [1.29, 1.82) is 0 Å². The van der Waals surface area contributed by atoms with Gasteiger partial charge in [0.15, 0.2) is 9.84 Å². The molecule has 146 valence electrons. The van der Waals surface area contributed by atoms with Crippen molar-refractivity contribution in [3.63, 3.8) is 0 Å². The van der Waals surface area contributed by atoms with Crippen molar-refractivity contribution in [3.05, 3.63) is 66.7 Å². The molecule has 0 unspecified atom stereocenters. The van der Waals surface area contributed by atoms with Gasteiger partial charge < -0.3 is 10.1 Å². The monoisotopic (exact) mass is 397 g/mol. The SMILES string of the molecule is CCS(=O)(=O)c1ccccc1NC(=O)CCCOc1cccc2ccccc12. The molecule has 0 fully saturated rings. The number of sulfone groups is 1. The summed E-state index contributed by atoms with van der Waals surface area (Å²) in [5, 5.41) is 4.84. The van der Waals surface area contributed by atoms with Crippen molar-refractivity contribution in [1.82, 2.24) is 0 Å². The summed E-state index contributed by atoms with van der Waals surface area (Å²) in [6.07, 6.45) is 0.767. The van der Waals surface area contributed by atoms with E-state index in [0.29, 0.717) is 18.7 Å². The Balaban J connectivity index is 1.56. The van der Waals surface area contributed by atoms with E-state index < -0.39 is 9.84 Å². The van der Waals surface area contributed by atoms with Crippen LogP contribution in [0, 0.1) is 0 Å². The average molecular weight is 397 g/mol. The lowest BCUT2D eigenvalue weighted by Crippen LogP contribution is -2.16.